The second kappa shape index (κ2) is 5.66. The van der Waals surface area contributed by atoms with E-state index < -0.39 is 0 Å². The topological polar surface area (TPSA) is 63.1 Å². The van der Waals surface area contributed by atoms with E-state index in [2.05, 4.69) is 27.9 Å². The van der Waals surface area contributed by atoms with Crippen LogP contribution in [0.2, 0.25) is 0 Å². The Balaban J connectivity index is 1.46. The Labute approximate surface area is 147 Å². The maximum atomic E-state index is 11.9. The van der Waals surface area contributed by atoms with Crippen LogP contribution in [-0.4, -0.2) is 33.5 Å². The van der Waals surface area contributed by atoms with Crippen molar-refractivity contribution < 1.29 is 4.79 Å². The third-order valence-corrected chi connectivity index (χ3v) is 6.12. The molecule has 6 heteroatoms. The molecule has 3 aliphatic rings. The van der Waals surface area contributed by atoms with Crippen LogP contribution in [0.4, 0.5) is 5.69 Å². The summed E-state index contributed by atoms with van der Waals surface area (Å²) in [6.45, 7) is 2.35. The van der Waals surface area contributed by atoms with Crippen molar-refractivity contribution in [1.29, 1.82) is 0 Å². The van der Waals surface area contributed by atoms with Crippen molar-refractivity contribution in [2.75, 3.05) is 11.4 Å². The molecule has 0 spiro atoms. The molecule has 1 N–H and O–H groups in total. The Morgan fingerprint density at radius 2 is 2.12 bits per heavy atom. The number of carbonyl (C=O) groups is 1. The second-order valence-electron chi connectivity index (χ2n) is 7.57. The monoisotopic (exact) mass is 337 g/mol. The largest absolute Gasteiger partial charge is 0.312 e. The molecule has 1 saturated heterocycles. The molecule has 130 valence electrons. The number of para-hydroxylation sites is 1. The smallest absolute Gasteiger partial charge is 0.223 e. The van der Waals surface area contributed by atoms with E-state index in [1.165, 1.54) is 19.3 Å². The van der Waals surface area contributed by atoms with Gasteiger partial charge in [0.15, 0.2) is 0 Å². The molecule has 1 unspecified atom stereocenters. The number of hydrogen-bond donors (Lipinski definition) is 1. The van der Waals surface area contributed by atoms with Crippen molar-refractivity contribution >= 4 is 11.6 Å². The molecule has 2 aromatic rings. The Morgan fingerprint density at radius 3 is 2.88 bits per heavy atom. The summed E-state index contributed by atoms with van der Waals surface area (Å²) < 4.78 is 2.00. The Kier molecular flexibility index (Phi) is 3.41. The number of piperidine rings is 1. The van der Waals surface area contributed by atoms with Gasteiger partial charge in [-0.1, -0.05) is 23.4 Å². The summed E-state index contributed by atoms with van der Waals surface area (Å²) in [7, 11) is 0. The number of benzene rings is 1. The summed E-state index contributed by atoms with van der Waals surface area (Å²) in [5, 5.41) is 12.6. The molecule has 2 fully saturated rings. The number of nitrogens with zero attached hydrogens (tertiary/aromatic N) is 4. The van der Waals surface area contributed by atoms with Crippen molar-refractivity contribution in [3.05, 3.63) is 41.7 Å². The van der Waals surface area contributed by atoms with Gasteiger partial charge in [0.25, 0.3) is 0 Å². The van der Waals surface area contributed by atoms with E-state index in [0.29, 0.717) is 18.0 Å². The molecule has 2 bridgehead atoms. The van der Waals surface area contributed by atoms with Gasteiger partial charge in [-0.25, -0.2) is 4.68 Å². The van der Waals surface area contributed by atoms with Gasteiger partial charge >= 0.3 is 0 Å². The highest BCUT2D eigenvalue weighted by Gasteiger charge is 2.41. The summed E-state index contributed by atoms with van der Waals surface area (Å²) in [6, 6.07) is 9.32. The first kappa shape index (κ1) is 15.1. The maximum Gasteiger partial charge on any atom is 0.223 e. The molecule has 4 atom stereocenters. The molecule has 25 heavy (non-hydrogen) atoms. The zero-order valence-electron chi connectivity index (χ0n) is 14.4. The minimum atomic E-state index is 0.0939. The normalized spacial score (nSPS) is 30.5. The molecule has 1 aromatic heterocycles. The van der Waals surface area contributed by atoms with Crippen LogP contribution in [0.25, 0.3) is 0 Å². The van der Waals surface area contributed by atoms with Gasteiger partial charge in [-0.15, -0.1) is 5.10 Å². The lowest BCUT2D eigenvalue weighted by molar-refractivity contribution is -0.116. The minimum Gasteiger partial charge on any atom is -0.312 e. The van der Waals surface area contributed by atoms with E-state index >= 15 is 0 Å². The molecule has 1 amide bonds. The first-order valence-corrected chi connectivity index (χ1v) is 9.25. The summed E-state index contributed by atoms with van der Waals surface area (Å²) in [5.41, 5.74) is 3.22. The van der Waals surface area contributed by atoms with Gasteiger partial charge in [0.2, 0.25) is 5.91 Å². The summed E-state index contributed by atoms with van der Waals surface area (Å²) in [4.78, 5) is 13.8. The van der Waals surface area contributed by atoms with E-state index in [-0.39, 0.29) is 11.9 Å². The van der Waals surface area contributed by atoms with Gasteiger partial charge in [-0.2, -0.15) is 0 Å². The van der Waals surface area contributed by atoms with Crippen LogP contribution in [0.3, 0.4) is 0 Å². The van der Waals surface area contributed by atoms with Gasteiger partial charge in [-0.3, -0.25) is 4.79 Å². The van der Waals surface area contributed by atoms with E-state index in [4.69, 9.17) is 0 Å². The zero-order valence-corrected chi connectivity index (χ0v) is 14.4. The standard InChI is InChI=1S/C19H23N5O/c1-12(25)23-9-8-18(15-4-2-3-5-17(15)23)24-11-16(21-22-24)19-13-6-7-14(10-13)20-19/h2-5,11,13-14,18-20H,6-10H2,1H3/t13-,14+,18?,19-/m0/s1. The molecular weight excluding hydrogens is 314 g/mol. The Hall–Kier alpha value is -2.21. The highest BCUT2D eigenvalue weighted by Crippen LogP contribution is 2.43. The van der Waals surface area contributed by atoms with Gasteiger partial charge in [0.05, 0.1) is 24.0 Å². The molecule has 1 saturated carbocycles. The fourth-order valence-electron chi connectivity index (χ4n) is 4.92. The summed E-state index contributed by atoms with van der Waals surface area (Å²) in [5.74, 6) is 0.804. The third kappa shape index (κ3) is 2.39. The maximum absolute atomic E-state index is 11.9. The fraction of sp³-hybridized carbons (Fsp3) is 0.526. The Bertz CT molecular complexity index is 816. The zero-order chi connectivity index (χ0) is 17.0. The second-order valence-corrected chi connectivity index (χ2v) is 7.57. The first-order chi connectivity index (χ1) is 12.2. The summed E-state index contributed by atoms with van der Waals surface area (Å²) in [6.07, 6.45) is 6.85. The number of nitrogens with one attached hydrogen (secondary N) is 1. The minimum absolute atomic E-state index is 0.0939. The molecule has 3 heterocycles. The number of anilines is 1. The van der Waals surface area contributed by atoms with Gasteiger partial charge in [-0.05, 0) is 37.7 Å². The average molecular weight is 337 g/mol. The van der Waals surface area contributed by atoms with Crippen LogP contribution in [-0.2, 0) is 4.79 Å². The van der Waals surface area contributed by atoms with Crippen molar-refractivity contribution in [3.8, 4) is 0 Å². The van der Waals surface area contributed by atoms with Crippen LogP contribution in [0.5, 0.6) is 0 Å². The van der Waals surface area contributed by atoms with Crippen molar-refractivity contribution in [2.24, 2.45) is 5.92 Å². The van der Waals surface area contributed by atoms with Crippen LogP contribution < -0.4 is 10.2 Å². The molecule has 6 nitrogen and oxygen atoms in total. The number of amides is 1. The predicted molar refractivity (Wildman–Crippen MR) is 94.3 cm³/mol. The van der Waals surface area contributed by atoms with Crippen LogP contribution in [0, 0.1) is 5.92 Å². The van der Waals surface area contributed by atoms with E-state index in [9.17, 15) is 4.79 Å². The third-order valence-electron chi connectivity index (χ3n) is 6.12. The number of aromatic nitrogens is 3. The van der Waals surface area contributed by atoms with Crippen molar-refractivity contribution in [2.45, 2.75) is 50.7 Å². The van der Waals surface area contributed by atoms with Crippen molar-refractivity contribution in [3.63, 3.8) is 0 Å². The fourth-order valence-corrected chi connectivity index (χ4v) is 4.92. The summed E-state index contributed by atoms with van der Waals surface area (Å²) >= 11 is 0. The van der Waals surface area contributed by atoms with Crippen LogP contribution in [0.1, 0.15) is 55.9 Å². The molecule has 2 aliphatic heterocycles. The van der Waals surface area contributed by atoms with E-state index in [1.54, 1.807) is 6.92 Å². The molecule has 0 radical (unpaired) electrons. The van der Waals surface area contributed by atoms with Crippen LogP contribution >= 0.6 is 0 Å². The SMILES string of the molecule is CC(=O)N1CCC(n2cc([C@H]3N[C@@H]4CC[C@H]3C4)nn2)c2ccccc21. The number of fused-ring (bicyclic) bond motifs is 3. The van der Waals surface area contributed by atoms with Gasteiger partial charge < -0.3 is 10.2 Å². The average Bonchev–Trinajstić information content (AvgIpc) is 3.36. The van der Waals surface area contributed by atoms with E-state index in [0.717, 1.165) is 29.9 Å². The lowest BCUT2D eigenvalue weighted by Gasteiger charge is -2.33. The first-order valence-electron chi connectivity index (χ1n) is 9.25. The number of carbonyl (C=O) groups excluding carboxylic acids is 1. The lowest BCUT2D eigenvalue weighted by Crippen LogP contribution is -2.36. The molecule has 1 aromatic carbocycles. The highest BCUT2D eigenvalue weighted by atomic mass is 16.2. The number of hydrogen-bond acceptors (Lipinski definition) is 4. The van der Waals surface area contributed by atoms with Gasteiger partial charge in [0, 0.05) is 30.8 Å². The Morgan fingerprint density at radius 1 is 1.24 bits per heavy atom. The molecular formula is C19H23N5O. The molecule has 1 aliphatic carbocycles. The predicted octanol–water partition coefficient (Wildman–Crippen LogP) is 2.44. The van der Waals surface area contributed by atoms with Crippen LogP contribution in [0.15, 0.2) is 30.5 Å². The molecule has 5 rings (SSSR count). The lowest BCUT2D eigenvalue weighted by atomic mass is 9.96. The number of rotatable bonds is 2. The van der Waals surface area contributed by atoms with E-state index in [1.807, 2.05) is 27.8 Å². The van der Waals surface area contributed by atoms with Gasteiger partial charge in [0.1, 0.15) is 0 Å². The highest BCUT2D eigenvalue weighted by molar-refractivity contribution is 5.92. The van der Waals surface area contributed by atoms with Crippen molar-refractivity contribution in [1.82, 2.24) is 20.3 Å². The quantitative estimate of drug-likeness (QED) is 0.914.